The summed E-state index contributed by atoms with van der Waals surface area (Å²) in [6.45, 7) is 5.71. The Morgan fingerprint density at radius 3 is 2.48 bits per heavy atom. The summed E-state index contributed by atoms with van der Waals surface area (Å²) in [5.41, 5.74) is 16.2. The van der Waals surface area contributed by atoms with Crippen molar-refractivity contribution in [3.05, 3.63) is 106 Å². The number of rotatable bonds is 8. The zero-order valence-electron chi connectivity index (χ0n) is 26.3. The molecule has 4 aromatic rings. The molecule has 1 aliphatic heterocycles. The lowest BCUT2D eigenvalue weighted by molar-refractivity contribution is -0.127. The number of amides is 2. The van der Waals surface area contributed by atoms with Crippen molar-refractivity contribution in [2.75, 3.05) is 25.7 Å². The Bertz CT molecular complexity index is 1830. The minimum absolute atomic E-state index is 0.0924. The van der Waals surface area contributed by atoms with Crippen LogP contribution in [0.3, 0.4) is 0 Å². The van der Waals surface area contributed by atoms with Crippen LogP contribution in [0.4, 0.5) is 11.8 Å². The fraction of sp³-hybridized carbons (Fsp3) is 0.235. The highest BCUT2D eigenvalue weighted by Crippen LogP contribution is 2.36. The van der Waals surface area contributed by atoms with E-state index in [-0.39, 0.29) is 29.3 Å². The number of ether oxygens (including phenoxy) is 2. The number of methoxy groups -OCH3 is 2. The molecule has 2 amide bonds. The van der Waals surface area contributed by atoms with Crippen molar-refractivity contribution in [2.45, 2.75) is 38.8 Å². The Morgan fingerprint density at radius 2 is 1.80 bits per heavy atom. The molecule has 0 aliphatic carbocycles. The Hall–Kier alpha value is -5.78. The van der Waals surface area contributed by atoms with Crippen LogP contribution in [-0.4, -0.2) is 57.7 Å². The van der Waals surface area contributed by atoms with E-state index in [1.807, 2.05) is 57.2 Å². The number of nitrogens with two attached hydrogens (primary N) is 2. The maximum absolute atomic E-state index is 13.8. The summed E-state index contributed by atoms with van der Waals surface area (Å²) < 4.78 is 11.2. The molecule has 46 heavy (non-hydrogen) atoms. The number of benzene rings is 2. The number of carbonyl (C=O) groups excluding carboxylic acids is 2. The number of carbonyl (C=O) groups is 2. The molecule has 1 aliphatic rings. The van der Waals surface area contributed by atoms with Crippen molar-refractivity contribution in [1.82, 2.24) is 25.3 Å². The molecule has 0 saturated heterocycles. The van der Waals surface area contributed by atoms with Gasteiger partial charge in [0.15, 0.2) is 11.5 Å². The second kappa shape index (κ2) is 13.1. The van der Waals surface area contributed by atoms with Gasteiger partial charge in [-0.25, -0.2) is 9.99 Å². The highest BCUT2D eigenvalue weighted by Gasteiger charge is 2.30. The van der Waals surface area contributed by atoms with E-state index in [0.29, 0.717) is 34.6 Å². The number of aromatic nitrogens is 3. The van der Waals surface area contributed by atoms with Crippen LogP contribution < -0.4 is 26.3 Å². The van der Waals surface area contributed by atoms with Crippen LogP contribution in [-0.2, 0) is 11.2 Å². The predicted octanol–water partition coefficient (Wildman–Crippen LogP) is 4.15. The molecule has 12 heteroatoms. The second-order valence-corrected chi connectivity index (χ2v) is 11.7. The van der Waals surface area contributed by atoms with E-state index in [0.717, 1.165) is 16.7 Å². The monoisotopic (exact) mass is 620 g/mol. The molecule has 1 unspecified atom stereocenters. The van der Waals surface area contributed by atoms with Gasteiger partial charge in [-0.2, -0.15) is 10.1 Å². The van der Waals surface area contributed by atoms with E-state index in [1.165, 1.54) is 25.3 Å². The topological polar surface area (TPSA) is 171 Å². The molecule has 2 aromatic heterocycles. The van der Waals surface area contributed by atoms with Crippen molar-refractivity contribution < 1.29 is 19.1 Å². The lowest BCUT2D eigenvalue weighted by Crippen LogP contribution is -2.41. The maximum atomic E-state index is 13.8. The Balaban J connectivity index is 1.47. The van der Waals surface area contributed by atoms with Gasteiger partial charge in [0.25, 0.3) is 11.8 Å². The van der Waals surface area contributed by atoms with E-state index in [9.17, 15) is 9.59 Å². The molecular weight excluding hydrogens is 584 g/mol. The van der Waals surface area contributed by atoms with Gasteiger partial charge >= 0.3 is 0 Å². The number of nitrogens with zero attached hydrogens (tertiary/aromatic N) is 5. The molecular formula is C34H36N8O4. The number of nitrogens with one attached hydrogen (secondary N) is 1. The average Bonchev–Trinajstić information content (AvgIpc) is 3.03. The fourth-order valence-corrected chi connectivity index (χ4v) is 5.12. The van der Waals surface area contributed by atoms with Crippen molar-refractivity contribution >= 4 is 35.9 Å². The average molecular weight is 621 g/mol. The molecule has 3 heterocycles. The molecule has 0 radical (unpaired) electrons. The summed E-state index contributed by atoms with van der Waals surface area (Å²) in [4.78, 5) is 39.0. The van der Waals surface area contributed by atoms with Gasteiger partial charge in [0.05, 0.1) is 20.4 Å². The standard InChI is InChI=1S/C34H36N8O4/c1-34(2,3)41-32(44)26-12-10-23(17-37-26)29-25-9-7-6-8-22(25)19-39-42(29)28(43)13-11-21-14-20(16-27(45-4)30(21)46-5)15-24-18-38-33(36)40-31(24)35/h6-14,16-19,29H,15H2,1-5H3,(H,41,44)(H4,35,36,38,40)/b13-11+. The van der Waals surface area contributed by atoms with E-state index >= 15 is 0 Å². The van der Waals surface area contributed by atoms with Crippen LogP contribution in [0, 0.1) is 0 Å². The summed E-state index contributed by atoms with van der Waals surface area (Å²) in [7, 11) is 3.07. The summed E-state index contributed by atoms with van der Waals surface area (Å²) in [5.74, 6) is 0.639. The van der Waals surface area contributed by atoms with Crippen LogP contribution in [0.25, 0.3) is 6.08 Å². The molecule has 5 rings (SSSR count). The van der Waals surface area contributed by atoms with Crippen LogP contribution in [0.2, 0.25) is 0 Å². The lowest BCUT2D eigenvalue weighted by atomic mass is 9.93. The highest BCUT2D eigenvalue weighted by atomic mass is 16.5. The number of hydrazone groups is 1. The van der Waals surface area contributed by atoms with Gasteiger partial charge < -0.3 is 26.3 Å². The summed E-state index contributed by atoms with van der Waals surface area (Å²) in [6, 6.07) is 14.3. The smallest absolute Gasteiger partial charge is 0.270 e. The van der Waals surface area contributed by atoms with Gasteiger partial charge in [-0.05, 0) is 61.7 Å². The quantitative estimate of drug-likeness (QED) is 0.245. The van der Waals surface area contributed by atoms with Crippen molar-refractivity contribution in [3.63, 3.8) is 0 Å². The van der Waals surface area contributed by atoms with E-state index in [4.69, 9.17) is 20.9 Å². The van der Waals surface area contributed by atoms with Gasteiger partial charge in [-0.3, -0.25) is 14.6 Å². The summed E-state index contributed by atoms with van der Waals surface area (Å²) >= 11 is 0. The summed E-state index contributed by atoms with van der Waals surface area (Å²) in [6.07, 6.45) is 8.32. The number of fused-ring (bicyclic) bond motifs is 1. The Kier molecular flexibility index (Phi) is 8.99. The first-order chi connectivity index (χ1) is 22.0. The van der Waals surface area contributed by atoms with Gasteiger partial charge in [0, 0.05) is 47.1 Å². The van der Waals surface area contributed by atoms with Crippen LogP contribution >= 0.6 is 0 Å². The molecule has 236 valence electrons. The Morgan fingerprint density at radius 1 is 1.02 bits per heavy atom. The third kappa shape index (κ3) is 6.96. The van der Waals surface area contributed by atoms with Gasteiger partial charge in [0.2, 0.25) is 5.95 Å². The minimum atomic E-state index is -0.582. The maximum Gasteiger partial charge on any atom is 0.270 e. The van der Waals surface area contributed by atoms with Gasteiger partial charge in [-0.15, -0.1) is 0 Å². The number of hydrogen-bond acceptors (Lipinski definition) is 10. The van der Waals surface area contributed by atoms with Crippen LogP contribution in [0.1, 0.15) is 70.7 Å². The van der Waals surface area contributed by atoms with Crippen molar-refractivity contribution in [3.8, 4) is 11.5 Å². The largest absolute Gasteiger partial charge is 0.493 e. The molecule has 0 fully saturated rings. The van der Waals surface area contributed by atoms with E-state index < -0.39 is 11.6 Å². The molecule has 0 saturated carbocycles. The highest BCUT2D eigenvalue weighted by molar-refractivity contribution is 5.95. The minimum Gasteiger partial charge on any atom is -0.493 e. The van der Waals surface area contributed by atoms with E-state index in [1.54, 1.807) is 36.8 Å². The number of pyridine rings is 1. The van der Waals surface area contributed by atoms with Gasteiger partial charge in [0.1, 0.15) is 17.6 Å². The third-order valence-electron chi connectivity index (χ3n) is 7.19. The van der Waals surface area contributed by atoms with Crippen molar-refractivity contribution in [2.24, 2.45) is 5.10 Å². The normalized spacial score (nSPS) is 14.2. The number of nitrogen functional groups attached to an aromatic ring is 2. The zero-order valence-corrected chi connectivity index (χ0v) is 26.3. The molecule has 0 bridgehead atoms. The molecule has 1 atom stereocenters. The third-order valence-corrected chi connectivity index (χ3v) is 7.19. The van der Waals surface area contributed by atoms with E-state index in [2.05, 4.69) is 25.4 Å². The molecule has 0 spiro atoms. The fourth-order valence-electron chi connectivity index (χ4n) is 5.12. The second-order valence-electron chi connectivity index (χ2n) is 11.7. The first-order valence-electron chi connectivity index (χ1n) is 14.5. The molecule has 5 N–H and O–H groups in total. The first-order valence-corrected chi connectivity index (χ1v) is 14.5. The van der Waals surface area contributed by atoms with Crippen molar-refractivity contribution in [1.29, 1.82) is 0 Å². The molecule has 2 aromatic carbocycles. The SMILES string of the molecule is COc1cc(Cc2cnc(N)nc2N)cc(/C=C/C(=O)N2N=Cc3ccccc3C2c2ccc(C(=O)NC(C)(C)C)nc2)c1OC. The number of anilines is 2. The van der Waals surface area contributed by atoms with Crippen LogP contribution in [0.15, 0.2) is 72.1 Å². The zero-order chi connectivity index (χ0) is 33.0. The lowest BCUT2D eigenvalue weighted by Gasteiger charge is -2.31. The predicted molar refractivity (Wildman–Crippen MR) is 176 cm³/mol. The van der Waals surface area contributed by atoms with Crippen LogP contribution in [0.5, 0.6) is 11.5 Å². The molecule has 12 nitrogen and oxygen atoms in total. The number of hydrogen-bond donors (Lipinski definition) is 3. The first kappa shape index (κ1) is 31.6. The van der Waals surface area contributed by atoms with Gasteiger partial charge in [-0.1, -0.05) is 30.3 Å². The Labute approximate surface area is 267 Å². The summed E-state index contributed by atoms with van der Waals surface area (Å²) in [5, 5.41) is 8.83.